The monoisotopic (exact) mass is 419 g/mol. The molecule has 6 nitrogen and oxygen atoms in total. The molecule has 0 saturated heterocycles. The lowest BCUT2D eigenvalue weighted by molar-refractivity contribution is 0.0490. The average Bonchev–Trinajstić information content (AvgIpc) is 2.64. The van der Waals surface area contributed by atoms with Crippen LogP contribution < -0.4 is 16.0 Å². The van der Waals surface area contributed by atoms with Gasteiger partial charge in [-0.1, -0.05) is 32.9 Å². The number of hydrogen-bond donors (Lipinski definition) is 4. The second-order valence-corrected chi connectivity index (χ2v) is 10.5. The van der Waals surface area contributed by atoms with E-state index in [0.717, 1.165) is 25.7 Å². The predicted octanol–water partition coefficient (Wildman–Crippen LogP) is 4.18. The SMILES string of the molecule is CC(C)(C)OC(=O)NCC(O)CNC1CCC(Nc2ccc(C(C)(C)C)cc2)CC1. The van der Waals surface area contributed by atoms with Crippen molar-refractivity contribution in [2.75, 3.05) is 18.4 Å². The number of carbonyl (C=O) groups excluding carboxylic acids is 1. The van der Waals surface area contributed by atoms with Crippen LogP contribution in [0.2, 0.25) is 0 Å². The molecule has 1 aromatic rings. The molecule has 2 rings (SSSR count). The fourth-order valence-electron chi connectivity index (χ4n) is 3.63. The van der Waals surface area contributed by atoms with Crippen molar-refractivity contribution in [3.63, 3.8) is 0 Å². The Labute approximate surface area is 182 Å². The molecule has 30 heavy (non-hydrogen) atoms. The van der Waals surface area contributed by atoms with E-state index < -0.39 is 17.8 Å². The third-order valence-corrected chi connectivity index (χ3v) is 5.37. The summed E-state index contributed by atoms with van der Waals surface area (Å²) in [6, 6.07) is 9.67. The van der Waals surface area contributed by atoms with Gasteiger partial charge in [0.2, 0.25) is 0 Å². The van der Waals surface area contributed by atoms with Gasteiger partial charge in [-0.2, -0.15) is 0 Å². The van der Waals surface area contributed by atoms with E-state index in [-0.39, 0.29) is 12.0 Å². The Morgan fingerprint density at radius 2 is 1.57 bits per heavy atom. The largest absolute Gasteiger partial charge is 0.444 e. The minimum Gasteiger partial charge on any atom is -0.444 e. The molecule has 0 aromatic heterocycles. The van der Waals surface area contributed by atoms with Crippen LogP contribution in [0.1, 0.15) is 72.8 Å². The maximum atomic E-state index is 11.7. The molecule has 0 aliphatic heterocycles. The number of aliphatic hydroxyl groups is 1. The van der Waals surface area contributed by atoms with Gasteiger partial charge in [-0.25, -0.2) is 4.79 Å². The van der Waals surface area contributed by atoms with Gasteiger partial charge in [-0.15, -0.1) is 0 Å². The zero-order valence-corrected chi connectivity index (χ0v) is 19.5. The summed E-state index contributed by atoms with van der Waals surface area (Å²) in [6.07, 6.45) is 3.22. The van der Waals surface area contributed by atoms with E-state index in [1.54, 1.807) is 0 Å². The number of hydrogen-bond acceptors (Lipinski definition) is 5. The number of anilines is 1. The van der Waals surface area contributed by atoms with Gasteiger partial charge in [-0.05, 0) is 69.6 Å². The first-order chi connectivity index (χ1) is 13.9. The molecule has 0 spiro atoms. The van der Waals surface area contributed by atoms with Gasteiger partial charge in [0.05, 0.1) is 6.10 Å². The Morgan fingerprint density at radius 3 is 2.10 bits per heavy atom. The fraction of sp³-hybridized carbons (Fsp3) is 0.708. The van der Waals surface area contributed by atoms with Crippen molar-refractivity contribution in [1.82, 2.24) is 10.6 Å². The lowest BCUT2D eigenvalue weighted by Gasteiger charge is -2.31. The Bertz CT molecular complexity index is 654. The van der Waals surface area contributed by atoms with E-state index >= 15 is 0 Å². The van der Waals surface area contributed by atoms with Crippen molar-refractivity contribution in [3.05, 3.63) is 29.8 Å². The minimum absolute atomic E-state index is 0.176. The van der Waals surface area contributed by atoms with E-state index in [1.165, 1.54) is 11.3 Å². The first kappa shape index (κ1) is 24.5. The number of amides is 1. The van der Waals surface area contributed by atoms with Crippen molar-refractivity contribution in [3.8, 4) is 0 Å². The lowest BCUT2D eigenvalue weighted by atomic mass is 9.87. The van der Waals surface area contributed by atoms with Crippen LogP contribution in [0.5, 0.6) is 0 Å². The van der Waals surface area contributed by atoms with Gasteiger partial charge in [0, 0.05) is 30.9 Å². The van der Waals surface area contributed by atoms with Crippen molar-refractivity contribution >= 4 is 11.8 Å². The van der Waals surface area contributed by atoms with Crippen LogP contribution in [-0.2, 0) is 10.2 Å². The normalized spacial score (nSPS) is 21.0. The summed E-state index contributed by atoms with van der Waals surface area (Å²) < 4.78 is 5.18. The molecular weight excluding hydrogens is 378 g/mol. The first-order valence-corrected chi connectivity index (χ1v) is 11.2. The predicted molar refractivity (Wildman–Crippen MR) is 123 cm³/mol. The van der Waals surface area contributed by atoms with E-state index in [2.05, 4.69) is 61.0 Å². The molecule has 170 valence electrons. The highest BCUT2D eigenvalue weighted by Gasteiger charge is 2.22. The van der Waals surface area contributed by atoms with E-state index in [1.807, 2.05) is 20.8 Å². The second kappa shape index (κ2) is 10.5. The Balaban J connectivity index is 1.64. The second-order valence-electron chi connectivity index (χ2n) is 10.5. The summed E-state index contributed by atoms with van der Waals surface area (Å²) in [5.74, 6) is 0. The number of carbonyl (C=O) groups is 1. The van der Waals surface area contributed by atoms with Crippen molar-refractivity contribution in [2.24, 2.45) is 0 Å². The fourth-order valence-corrected chi connectivity index (χ4v) is 3.63. The molecule has 1 amide bonds. The molecule has 0 radical (unpaired) electrons. The molecule has 6 heteroatoms. The van der Waals surface area contributed by atoms with Crippen LogP contribution in [0.15, 0.2) is 24.3 Å². The summed E-state index contributed by atoms with van der Waals surface area (Å²) in [4.78, 5) is 11.7. The molecular formula is C24H41N3O3. The van der Waals surface area contributed by atoms with Gasteiger partial charge in [0.15, 0.2) is 0 Å². The standard InChI is InChI=1S/C24H41N3O3/c1-23(2,3)17-7-9-19(10-8-17)27-20-13-11-18(12-14-20)25-15-21(28)16-26-22(29)30-24(4,5)6/h7-10,18,20-21,25,27-28H,11-16H2,1-6H3,(H,26,29). The number of nitrogens with one attached hydrogen (secondary N) is 3. The van der Waals surface area contributed by atoms with E-state index in [4.69, 9.17) is 4.74 Å². The van der Waals surface area contributed by atoms with Crippen LogP contribution in [0.25, 0.3) is 0 Å². The summed E-state index contributed by atoms with van der Waals surface area (Å²) in [5, 5.41) is 19.8. The van der Waals surface area contributed by atoms with Crippen LogP contribution >= 0.6 is 0 Å². The maximum absolute atomic E-state index is 11.7. The third-order valence-electron chi connectivity index (χ3n) is 5.37. The molecule has 1 fully saturated rings. The van der Waals surface area contributed by atoms with Crippen molar-refractivity contribution in [2.45, 2.75) is 96.4 Å². The topological polar surface area (TPSA) is 82.6 Å². The number of rotatable bonds is 7. The molecule has 1 aliphatic carbocycles. The zero-order chi connectivity index (χ0) is 22.4. The van der Waals surface area contributed by atoms with Crippen molar-refractivity contribution in [1.29, 1.82) is 0 Å². The average molecular weight is 420 g/mol. The van der Waals surface area contributed by atoms with Crippen LogP contribution in [-0.4, -0.2) is 48.1 Å². The molecule has 0 heterocycles. The summed E-state index contributed by atoms with van der Waals surface area (Å²) >= 11 is 0. The molecule has 1 saturated carbocycles. The van der Waals surface area contributed by atoms with Gasteiger partial charge < -0.3 is 25.8 Å². The maximum Gasteiger partial charge on any atom is 0.407 e. The quantitative estimate of drug-likeness (QED) is 0.533. The highest BCUT2D eigenvalue weighted by atomic mass is 16.6. The van der Waals surface area contributed by atoms with Gasteiger partial charge in [0.1, 0.15) is 5.60 Å². The Morgan fingerprint density at radius 1 is 1.00 bits per heavy atom. The van der Waals surface area contributed by atoms with Gasteiger partial charge in [0.25, 0.3) is 0 Å². The third kappa shape index (κ3) is 8.92. The van der Waals surface area contributed by atoms with Crippen LogP contribution in [0.4, 0.5) is 10.5 Å². The Kier molecular flexibility index (Phi) is 8.56. The van der Waals surface area contributed by atoms with Crippen LogP contribution in [0, 0.1) is 0 Å². The molecule has 1 unspecified atom stereocenters. The molecule has 4 N–H and O–H groups in total. The Hall–Kier alpha value is -1.79. The van der Waals surface area contributed by atoms with E-state index in [0.29, 0.717) is 18.6 Å². The highest BCUT2D eigenvalue weighted by Crippen LogP contribution is 2.26. The molecule has 1 aliphatic rings. The minimum atomic E-state index is -0.630. The highest BCUT2D eigenvalue weighted by molar-refractivity contribution is 5.67. The van der Waals surface area contributed by atoms with Crippen molar-refractivity contribution < 1.29 is 14.6 Å². The molecule has 1 atom stereocenters. The number of aliphatic hydroxyl groups excluding tert-OH is 1. The first-order valence-electron chi connectivity index (χ1n) is 11.2. The van der Waals surface area contributed by atoms with E-state index in [9.17, 15) is 9.90 Å². The van der Waals surface area contributed by atoms with Gasteiger partial charge >= 0.3 is 6.09 Å². The molecule has 0 bridgehead atoms. The molecule has 1 aromatic carbocycles. The number of alkyl carbamates (subject to hydrolysis) is 1. The summed E-state index contributed by atoms with van der Waals surface area (Å²) in [5.41, 5.74) is 2.17. The summed E-state index contributed by atoms with van der Waals surface area (Å²) in [6.45, 7) is 12.8. The number of ether oxygens (including phenoxy) is 1. The lowest BCUT2D eigenvalue weighted by Crippen LogP contribution is -2.44. The smallest absolute Gasteiger partial charge is 0.407 e. The zero-order valence-electron chi connectivity index (χ0n) is 19.5. The number of benzene rings is 1. The van der Waals surface area contributed by atoms with Gasteiger partial charge in [-0.3, -0.25) is 0 Å². The summed E-state index contributed by atoms with van der Waals surface area (Å²) in [7, 11) is 0. The van der Waals surface area contributed by atoms with Crippen LogP contribution in [0.3, 0.4) is 0 Å².